The molecule has 0 aromatic heterocycles. The maximum Gasteiger partial charge on any atom is -0.0162 e. The molecule has 0 aliphatic heterocycles. The molecule has 2 rings (SSSR count). The smallest absolute Gasteiger partial charge is 0.0162 e. The van der Waals surface area contributed by atoms with Crippen LogP contribution in [0.5, 0.6) is 0 Å². The van der Waals surface area contributed by atoms with Gasteiger partial charge in [0.1, 0.15) is 0 Å². The number of hydrogen-bond acceptors (Lipinski definition) is 0. The fourth-order valence-electron chi connectivity index (χ4n) is 2.85. The number of rotatable bonds is 9. The molecule has 1 atom stereocenters. The highest BCUT2D eigenvalue weighted by molar-refractivity contribution is 5.19. The van der Waals surface area contributed by atoms with Crippen LogP contribution < -0.4 is 0 Å². The van der Waals surface area contributed by atoms with E-state index < -0.39 is 0 Å². The first-order chi connectivity index (χ1) is 10.4. The Kier molecular flexibility index (Phi) is 7.07. The van der Waals surface area contributed by atoms with E-state index in [1.165, 1.54) is 49.7 Å². The topological polar surface area (TPSA) is 0 Å². The fourth-order valence-corrected chi connectivity index (χ4v) is 2.85. The van der Waals surface area contributed by atoms with Crippen molar-refractivity contribution >= 4 is 0 Å². The van der Waals surface area contributed by atoms with Crippen molar-refractivity contribution in [2.75, 3.05) is 0 Å². The van der Waals surface area contributed by atoms with Gasteiger partial charge in [-0.3, -0.25) is 0 Å². The summed E-state index contributed by atoms with van der Waals surface area (Å²) in [4.78, 5) is 0. The third-order valence-electron chi connectivity index (χ3n) is 4.18. The molecule has 0 fully saturated rings. The van der Waals surface area contributed by atoms with Crippen LogP contribution in [0.25, 0.3) is 0 Å². The first kappa shape index (κ1) is 15.8. The van der Waals surface area contributed by atoms with Crippen LogP contribution in [0.15, 0.2) is 60.7 Å². The Morgan fingerprint density at radius 1 is 0.857 bits per heavy atom. The molecule has 0 aliphatic rings. The predicted octanol–water partition coefficient (Wildman–Crippen LogP) is 6.19. The Morgan fingerprint density at radius 3 is 2.19 bits per heavy atom. The minimum absolute atomic E-state index is 0.695. The van der Waals surface area contributed by atoms with E-state index in [0.717, 1.165) is 0 Å². The molecule has 1 unspecified atom stereocenters. The van der Waals surface area contributed by atoms with E-state index >= 15 is 0 Å². The van der Waals surface area contributed by atoms with Crippen LogP contribution in [0.1, 0.15) is 56.1 Å². The van der Waals surface area contributed by atoms with Gasteiger partial charge in [-0.05, 0) is 49.1 Å². The Labute approximate surface area is 130 Å². The molecule has 2 aromatic rings. The standard InChI is InChI=1S/C21H27/c1-2-20(21-17-11-6-12-18-21)16-10-4-3-7-13-19-14-8-5-9-15-19/h5-6,8-12,14-15,17-18,20H,2-4,7,13,16H2,1H3. The third-order valence-corrected chi connectivity index (χ3v) is 4.18. The summed E-state index contributed by atoms with van der Waals surface area (Å²) in [6.07, 6.45) is 9.99. The van der Waals surface area contributed by atoms with E-state index in [0.29, 0.717) is 5.92 Å². The Bertz CT molecular complexity index is 472. The normalized spacial score (nSPS) is 12.2. The van der Waals surface area contributed by atoms with Crippen molar-refractivity contribution in [1.29, 1.82) is 0 Å². The number of benzene rings is 2. The molecule has 111 valence electrons. The molecular formula is C21H27. The molecule has 0 saturated heterocycles. The van der Waals surface area contributed by atoms with Crippen molar-refractivity contribution in [2.24, 2.45) is 0 Å². The van der Waals surface area contributed by atoms with Crippen molar-refractivity contribution in [2.45, 2.75) is 51.4 Å². The van der Waals surface area contributed by atoms with Gasteiger partial charge in [0.15, 0.2) is 0 Å². The monoisotopic (exact) mass is 279 g/mol. The maximum absolute atomic E-state index is 2.49. The van der Waals surface area contributed by atoms with Crippen LogP contribution in [0.3, 0.4) is 0 Å². The average Bonchev–Trinajstić information content (AvgIpc) is 2.56. The van der Waals surface area contributed by atoms with Crippen LogP contribution in [0.4, 0.5) is 0 Å². The second-order valence-corrected chi connectivity index (χ2v) is 5.77. The van der Waals surface area contributed by atoms with E-state index in [1.54, 1.807) is 0 Å². The van der Waals surface area contributed by atoms with Crippen LogP contribution in [-0.2, 0) is 6.42 Å². The quantitative estimate of drug-likeness (QED) is 0.480. The zero-order valence-corrected chi connectivity index (χ0v) is 13.2. The predicted molar refractivity (Wildman–Crippen MR) is 92.4 cm³/mol. The molecule has 0 saturated carbocycles. The van der Waals surface area contributed by atoms with Crippen molar-refractivity contribution in [3.8, 4) is 0 Å². The van der Waals surface area contributed by atoms with Gasteiger partial charge in [0.05, 0.1) is 0 Å². The van der Waals surface area contributed by atoms with Crippen LogP contribution >= 0.6 is 0 Å². The molecule has 0 amide bonds. The van der Waals surface area contributed by atoms with Gasteiger partial charge in [0.25, 0.3) is 0 Å². The van der Waals surface area contributed by atoms with Gasteiger partial charge >= 0.3 is 0 Å². The Balaban J connectivity index is 1.61. The van der Waals surface area contributed by atoms with E-state index in [4.69, 9.17) is 0 Å². The SMILES string of the molecule is CCC(C[CH]CCCCc1ccccc1)c1ccccc1. The average molecular weight is 279 g/mol. The summed E-state index contributed by atoms with van der Waals surface area (Å²) in [6.45, 7) is 2.29. The van der Waals surface area contributed by atoms with E-state index in [-0.39, 0.29) is 0 Å². The Morgan fingerprint density at radius 2 is 1.52 bits per heavy atom. The van der Waals surface area contributed by atoms with Crippen molar-refractivity contribution in [1.82, 2.24) is 0 Å². The zero-order valence-electron chi connectivity index (χ0n) is 13.2. The highest BCUT2D eigenvalue weighted by Gasteiger charge is 2.08. The second-order valence-electron chi connectivity index (χ2n) is 5.77. The van der Waals surface area contributed by atoms with E-state index in [2.05, 4.69) is 74.0 Å². The third kappa shape index (κ3) is 5.75. The van der Waals surface area contributed by atoms with Crippen molar-refractivity contribution in [3.63, 3.8) is 0 Å². The Hall–Kier alpha value is -1.56. The van der Waals surface area contributed by atoms with Crippen LogP contribution in [0.2, 0.25) is 0 Å². The van der Waals surface area contributed by atoms with Gasteiger partial charge in [0.2, 0.25) is 0 Å². The first-order valence-electron chi connectivity index (χ1n) is 8.30. The van der Waals surface area contributed by atoms with Crippen LogP contribution in [-0.4, -0.2) is 0 Å². The van der Waals surface area contributed by atoms with Crippen LogP contribution in [0, 0.1) is 6.42 Å². The largest absolute Gasteiger partial charge is 0.0648 e. The van der Waals surface area contributed by atoms with Gasteiger partial charge in [-0.2, -0.15) is 0 Å². The van der Waals surface area contributed by atoms with Gasteiger partial charge in [-0.25, -0.2) is 0 Å². The molecule has 21 heavy (non-hydrogen) atoms. The highest BCUT2D eigenvalue weighted by Crippen LogP contribution is 2.25. The van der Waals surface area contributed by atoms with E-state index in [1.807, 2.05) is 0 Å². The number of hydrogen-bond donors (Lipinski definition) is 0. The lowest BCUT2D eigenvalue weighted by Gasteiger charge is -2.14. The molecule has 0 bridgehead atoms. The fraction of sp³-hybridized carbons (Fsp3) is 0.381. The van der Waals surface area contributed by atoms with Gasteiger partial charge in [0, 0.05) is 0 Å². The molecule has 0 spiro atoms. The molecule has 2 aromatic carbocycles. The minimum Gasteiger partial charge on any atom is -0.0648 e. The summed E-state index contributed by atoms with van der Waals surface area (Å²) in [5, 5.41) is 0. The van der Waals surface area contributed by atoms with Gasteiger partial charge in [-0.1, -0.05) is 80.4 Å². The lowest BCUT2D eigenvalue weighted by molar-refractivity contribution is 0.617. The lowest BCUT2D eigenvalue weighted by Crippen LogP contribution is -1.97. The highest BCUT2D eigenvalue weighted by atomic mass is 14.1. The van der Waals surface area contributed by atoms with Gasteiger partial charge in [-0.15, -0.1) is 0 Å². The van der Waals surface area contributed by atoms with E-state index in [9.17, 15) is 0 Å². The molecule has 0 heterocycles. The summed E-state index contributed by atoms with van der Waals surface area (Å²) in [5.41, 5.74) is 2.95. The van der Waals surface area contributed by atoms with Crippen molar-refractivity contribution in [3.05, 3.63) is 78.2 Å². The lowest BCUT2D eigenvalue weighted by atomic mass is 9.91. The second kappa shape index (κ2) is 9.39. The maximum atomic E-state index is 2.49. The molecule has 0 heteroatoms. The number of unbranched alkanes of at least 4 members (excludes halogenated alkanes) is 3. The summed E-state index contributed by atoms with van der Waals surface area (Å²) >= 11 is 0. The molecular weight excluding hydrogens is 252 g/mol. The zero-order chi connectivity index (χ0) is 14.8. The summed E-state index contributed by atoms with van der Waals surface area (Å²) in [5.74, 6) is 0.695. The first-order valence-corrected chi connectivity index (χ1v) is 8.30. The van der Waals surface area contributed by atoms with Gasteiger partial charge < -0.3 is 0 Å². The van der Waals surface area contributed by atoms with Crippen molar-refractivity contribution < 1.29 is 0 Å². The minimum atomic E-state index is 0.695. The molecule has 0 aliphatic carbocycles. The molecule has 1 radical (unpaired) electrons. The molecule has 0 N–H and O–H groups in total. The molecule has 0 nitrogen and oxygen atoms in total. The summed E-state index contributed by atoms with van der Waals surface area (Å²) in [7, 11) is 0. The number of aryl methyl sites for hydroxylation is 1. The summed E-state index contributed by atoms with van der Waals surface area (Å²) in [6, 6.07) is 21.7. The summed E-state index contributed by atoms with van der Waals surface area (Å²) < 4.78 is 0.